The van der Waals surface area contributed by atoms with Crippen LogP contribution in [-0.4, -0.2) is 52.7 Å². The number of pyridine rings is 1. The Bertz CT molecular complexity index is 824. The smallest absolute Gasteiger partial charge is 0.259 e. The van der Waals surface area contributed by atoms with Crippen molar-refractivity contribution in [2.75, 3.05) is 26.8 Å². The second-order valence-electron chi connectivity index (χ2n) is 9.11. The van der Waals surface area contributed by atoms with Gasteiger partial charge in [0.15, 0.2) is 5.82 Å². The zero-order valence-corrected chi connectivity index (χ0v) is 18.6. The maximum Gasteiger partial charge on any atom is 0.259 e. The van der Waals surface area contributed by atoms with Crippen LogP contribution in [0.2, 0.25) is 0 Å². The van der Waals surface area contributed by atoms with Crippen LogP contribution < -0.4 is 0 Å². The lowest BCUT2D eigenvalue weighted by atomic mass is 9.75. The Balaban J connectivity index is 1.39. The number of carbonyl (C=O) groups is 1. The van der Waals surface area contributed by atoms with E-state index in [9.17, 15) is 4.79 Å². The highest BCUT2D eigenvalue weighted by atomic mass is 16.5. The summed E-state index contributed by atoms with van der Waals surface area (Å²) in [5.41, 5.74) is 0.596. The van der Waals surface area contributed by atoms with Crippen molar-refractivity contribution < 1.29 is 14.1 Å². The highest BCUT2D eigenvalue weighted by molar-refractivity contribution is 5.76. The van der Waals surface area contributed by atoms with E-state index < -0.39 is 0 Å². The van der Waals surface area contributed by atoms with Gasteiger partial charge in [0, 0.05) is 51.0 Å². The van der Waals surface area contributed by atoms with Crippen LogP contribution in [0, 0.1) is 5.92 Å². The predicted octanol–water partition coefficient (Wildman–Crippen LogP) is 4.39. The van der Waals surface area contributed by atoms with E-state index in [-0.39, 0.29) is 5.41 Å². The lowest BCUT2D eigenvalue weighted by Crippen LogP contribution is -2.46. The van der Waals surface area contributed by atoms with Crippen LogP contribution in [0.5, 0.6) is 0 Å². The molecule has 2 aromatic rings. The van der Waals surface area contributed by atoms with Gasteiger partial charge in [-0.2, -0.15) is 4.98 Å². The van der Waals surface area contributed by atoms with E-state index in [0.717, 1.165) is 56.1 Å². The average molecular weight is 427 g/mol. The predicted molar refractivity (Wildman–Crippen MR) is 117 cm³/mol. The summed E-state index contributed by atoms with van der Waals surface area (Å²) in [5, 5.41) is 4.34. The van der Waals surface area contributed by atoms with E-state index in [2.05, 4.69) is 10.1 Å². The quantitative estimate of drug-likeness (QED) is 0.623. The van der Waals surface area contributed by atoms with Crippen molar-refractivity contribution in [1.82, 2.24) is 20.0 Å². The number of aromatic nitrogens is 3. The van der Waals surface area contributed by atoms with Gasteiger partial charge >= 0.3 is 0 Å². The molecular formula is C24H34N4O3. The van der Waals surface area contributed by atoms with Crippen LogP contribution in [0.3, 0.4) is 0 Å². The van der Waals surface area contributed by atoms with Crippen LogP contribution in [0.25, 0.3) is 11.5 Å². The first kappa shape index (κ1) is 21.9. The fourth-order valence-electron chi connectivity index (χ4n) is 5.07. The van der Waals surface area contributed by atoms with E-state index in [1.54, 1.807) is 19.5 Å². The molecule has 1 saturated heterocycles. The Kier molecular flexibility index (Phi) is 7.33. The third-order valence-electron chi connectivity index (χ3n) is 7.16. The molecule has 2 aliphatic rings. The minimum atomic E-state index is -0.222. The third kappa shape index (κ3) is 5.32. The summed E-state index contributed by atoms with van der Waals surface area (Å²) in [7, 11) is 1.72. The van der Waals surface area contributed by atoms with Gasteiger partial charge in [-0.1, -0.05) is 37.3 Å². The summed E-state index contributed by atoms with van der Waals surface area (Å²) in [4.78, 5) is 23.7. The number of likely N-dealkylation sites (tertiary alicyclic amines) is 1. The van der Waals surface area contributed by atoms with Gasteiger partial charge in [-0.15, -0.1) is 0 Å². The second-order valence-corrected chi connectivity index (χ2v) is 9.11. The molecule has 0 N–H and O–H groups in total. The molecule has 1 aliphatic heterocycles. The molecule has 168 valence electrons. The molecule has 0 atom stereocenters. The van der Waals surface area contributed by atoms with Gasteiger partial charge in [0.1, 0.15) is 0 Å². The summed E-state index contributed by atoms with van der Waals surface area (Å²) in [6, 6.07) is 3.77. The maximum atomic E-state index is 12.8. The highest BCUT2D eigenvalue weighted by Gasteiger charge is 2.41. The molecule has 2 aromatic heterocycles. The minimum Gasteiger partial charge on any atom is -0.385 e. The Morgan fingerprint density at radius 2 is 2.06 bits per heavy atom. The average Bonchev–Trinajstić information content (AvgIpc) is 3.34. The van der Waals surface area contributed by atoms with E-state index in [4.69, 9.17) is 14.2 Å². The molecule has 1 saturated carbocycles. The Morgan fingerprint density at radius 1 is 1.26 bits per heavy atom. The van der Waals surface area contributed by atoms with Crippen LogP contribution in [-0.2, 0) is 14.9 Å². The molecular weight excluding hydrogens is 392 g/mol. The molecule has 0 unspecified atom stereocenters. The molecule has 4 rings (SSSR count). The summed E-state index contributed by atoms with van der Waals surface area (Å²) in [6.45, 7) is 2.11. The SMILES string of the molecule is COCCC1(c2noc(-c3cccnc3)n2)CCN(C(=O)CCC2CCCCC2)CC1. The molecule has 7 heteroatoms. The zero-order valence-electron chi connectivity index (χ0n) is 18.6. The number of ether oxygens (including phenoxy) is 1. The Hall–Kier alpha value is -2.28. The molecule has 2 fully saturated rings. The Morgan fingerprint density at radius 3 is 2.77 bits per heavy atom. The number of piperidine rings is 1. The molecule has 0 aromatic carbocycles. The lowest BCUT2D eigenvalue weighted by Gasteiger charge is -2.40. The monoisotopic (exact) mass is 426 g/mol. The van der Waals surface area contributed by atoms with Gasteiger partial charge in [-0.05, 0) is 43.7 Å². The summed E-state index contributed by atoms with van der Waals surface area (Å²) < 4.78 is 11.0. The van der Waals surface area contributed by atoms with Crippen LogP contribution >= 0.6 is 0 Å². The van der Waals surface area contributed by atoms with E-state index in [1.807, 2.05) is 17.0 Å². The normalized spacial score (nSPS) is 19.5. The number of rotatable bonds is 8. The van der Waals surface area contributed by atoms with Crippen molar-refractivity contribution in [1.29, 1.82) is 0 Å². The largest absolute Gasteiger partial charge is 0.385 e. The zero-order chi connectivity index (χ0) is 21.5. The fraction of sp³-hybridized carbons (Fsp3) is 0.667. The fourth-order valence-corrected chi connectivity index (χ4v) is 5.07. The minimum absolute atomic E-state index is 0.222. The van der Waals surface area contributed by atoms with E-state index >= 15 is 0 Å². The second kappa shape index (κ2) is 10.4. The van der Waals surface area contributed by atoms with Crippen molar-refractivity contribution in [3.63, 3.8) is 0 Å². The molecule has 7 nitrogen and oxygen atoms in total. The van der Waals surface area contributed by atoms with Crippen LogP contribution in [0.4, 0.5) is 0 Å². The lowest BCUT2D eigenvalue weighted by molar-refractivity contribution is -0.133. The summed E-state index contributed by atoms with van der Waals surface area (Å²) in [6.07, 6.45) is 14.3. The van der Waals surface area contributed by atoms with Crippen LogP contribution in [0.1, 0.15) is 70.0 Å². The summed E-state index contributed by atoms with van der Waals surface area (Å²) in [5.74, 6) is 2.26. The first-order valence-corrected chi connectivity index (χ1v) is 11.7. The van der Waals surface area contributed by atoms with E-state index in [1.165, 1.54) is 32.1 Å². The topological polar surface area (TPSA) is 81.3 Å². The van der Waals surface area contributed by atoms with Crippen LogP contribution in [0.15, 0.2) is 29.0 Å². The standard InChI is InChI=1S/C24H34N4O3/c1-30-17-13-24(23-26-22(31-27-23)20-8-5-14-25-18-20)11-15-28(16-12-24)21(29)10-9-19-6-3-2-4-7-19/h5,8,14,18-19H,2-4,6-7,9-13,15-17H2,1H3. The number of amides is 1. The molecule has 0 spiro atoms. The number of methoxy groups -OCH3 is 1. The van der Waals surface area contributed by atoms with E-state index in [0.29, 0.717) is 24.8 Å². The molecule has 0 bridgehead atoms. The number of nitrogens with zero attached hydrogens (tertiary/aromatic N) is 4. The molecule has 1 aliphatic carbocycles. The van der Waals surface area contributed by atoms with Crippen molar-refractivity contribution in [2.45, 2.75) is 69.6 Å². The molecule has 0 radical (unpaired) electrons. The van der Waals surface area contributed by atoms with Gasteiger partial charge in [-0.3, -0.25) is 9.78 Å². The van der Waals surface area contributed by atoms with Gasteiger partial charge in [-0.25, -0.2) is 0 Å². The number of hydrogen-bond donors (Lipinski definition) is 0. The third-order valence-corrected chi connectivity index (χ3v) is 7.16. The van der Waals surface area contributed by atoms with Gasteiger partial charge in [0.2, 0.25) is 5.91 Å². The maximum absolute atomic E-state index is 12.8. The van der Waals surface area contributed by atoms with Gasteiger partial charge in [0.05, 0.1) is 5.56 Å². The van der Waals surface area contributed by atoms with Gasteiger partial charge < -0.3 is 14.2 Å². The Labute approximate surface area is 184 Å². The molecule has 31 heavy (non-hydrogen) atoms. The van der Waals surface area contributed by atoms with Crippen molar-refractivity contribution in [3.05, 3.63) is 30.4 Å². The number of carbonyl (C=O) groups excluding carboxylic acids is 1. The van der Waals surface area contributed by atoms with Crippen molar-refractivity contribution >= 4 is 5.91 Å². The highest BCUT2D eigenvalue weighted by Crippen LogP contribution is 2.38. The first-order valence-electron chi connectivity index (χ1n) is 11.7. The van der Waals surface area contributed by atoms with Crippen molar-refractivity contribution in [2.24, 2.45) is 5.92 Å². The first-order chi connectivity index (χ1) is 15.2. The molecule has 1 amide bonds. The molecule has 3 heterocycles. The van der Waals surface area contributed by atoms with Crippen molar-refractivity contribution in [3.8, 4) is 11.5 Å². The van der Waals surface area contributed by atoms with Gasteiger partial charge in [0.25, 0.3) is 5.89 Å². The number of hydrogen-bond acceptors (Lipinski definition) is 6. The summed E-state index contributed by atoms with van der Waals surface area (Å²) >= 11 is 0.